The van der Waals surface area contributed by atoms with Crippen molar-refractivity contribution in [1.82, 2.24) is 5.32 Å². The van der Waals surface area contributed by atoms with Crippen LogP contribution in [0.5, 0.6) is 0 Å². The molecule has 1 saturated carbocycles. The third-order valence-corrected chi connectivity index (χ3v) is 5.54. The van der Waals surface area contributed by atoms with Crippen molar-refractivity contribution in [2.75, 3.05) is 21.9 Å². The number of sulfonamides is 1. The first-order valence-electron chi connectivity index (χ1n) is 7.23. The Morgan fingerprint density at radius 3 is 2.48 bits per heavy atom. The van der Waals surface area contributed by atoms with Crippen LogP contribution in [0.15, 0.2) is 24.3 Å². The third-order valence-electron chi connectivity index (χ3n) is 3.68. The van der Waals surface area contributed by atoms with Gasteiger partial charge >= 0.3 is 6.03 Å². The Morgan fingerprint density at radius 2 is 1.86 bits per heavy atom. The highest BCUT2D eigenvalue weighted by Crippen LogP contribution is 2.25. The van der Waals surface area contributed by atoms with Gasteiger partial charge in [0, 0.05) is 18.3 Å². The van der Waals surface area contributed by atoms with Crippen molar-refractivity contribution in [2.24, 2.45) is 0 Å². The Morgan fingerprint density at radius 1 is 1.14 bits per heavy atom. The predicted octanol–water partition coefficient (Wildman–Crippen LogP) is 1.90. The molecule has 21 heavy (non-hydrogen) atoms. The summed E-state index contributed by atoms with van der Waals surface area (Å²) in [5.74, 6) is 0.205. The van der Waals surface area contributed by atoms with E-state index in [2.05, 4.69) is 10.6 Å². The van der Waals surface area contributed by atoms with E-state index in [1.165, 1.54) is 4.31 Å². The van der Waals surface area contributed by atoms with Crippen LogP contribution in [0, 0.1) is 0 Å². The highest BCUT2D eigenvalue weighted by Gasteiger charge is 2.26. The number of anilines is 2. The van der Waals surface area contributed by atoms with Gasteiger partial charge in [-0.1, -0.05) is 0 Å². The zero-order chi connectivity index (χ0) is 14.9. The molecule has 1 heterocycles. The second-order valence-corrected chi connectivity index (χ2v) is 7.53. The molecule has 0 spiro atoms. The van der Waals surface area contributed by atoms with E-state index >= 15 is 0 Å². The van der Waals surface area contributed by atoms with Crippen LogP contribution >= 0.6 is 0 Å². The first kappa shape index (κ1) is 14.2. The predicted molar refractivity (Wildman–Crippen MR) is 82.0 cm³/mol. The van der Waals surface area contributed by atoms with E-state index in [1.54, 1.807) is 24.3 Å². The molecule has 2 amide bonds. The normalized spacial score (nSPS) is 20.9. The molecule has 0 atom stereocenters. The monoisotopic (exact) mass is 309 g/mol. The topological polar surface area (TPSA) is 78.5 Å². The highest BCUT2D eigenvalue weighted by molar-refractivity contribution is 7.92. The summed E-state index contributed by atoms with van der Waals surface area (Å²) in [6.07, 6.45) is 3.68. The van der Waals surface area contributed by atoms with Gasteiger partial charge in [0.25, 0.3) is 0 Å². The summed E-state index contributed by atoms with van der Waals surface area (Å²) in [7, 11) is -3.19. The van der Waals surface area contributed by atoms with Crippen LogP contribution < -0.4 is 14.9 Å². The van der Waals surface area contributed by atoms with Gasteiger partial charge in [-0.3, -0.25) is 4.31 Å². The lowest BCUT2D eigenvalue weighted by molar-refractivity contribution is 0.251. The van der Waals surface area contributed by atoms with Gasteiger partial charge in [-0.15, -0.1) is 0 Å². The van der Waals surface area contributed by atoms with Crippen molar-refractivity contribution in [3.8, 4) is 0 Å². The minimum atomic E-state index is -3.19. The standard InChI is InChI=1S/C14H19N3O3S/c18-14(15-11-3-4-11)16-12-5-7-13(8-6-12)17-9-1-2-10-21(17,19)20/h5-8,11H,1-4,9-10H2,(H2,15,16,18). The Kier molecular flexibility index (Phi) is 3.75. The average molecular weight is 309 g/mol. The van der Waals surface area contributed by atoms with E-state index in [1.807, 2.05) is 0 Å². The number of carbonyl (C=O) groups is 1. The van der Waals surface area contributed by atoms with Gasteiger partial charge in [-0.05, 0) is 49.9 Å². The summed E-state index contributed by atoms with van der Waals surface area (Å²) in [5, 5.41) is 5.58. The fourth-order valence-corrected chi connectivity index (χ4v) is 4.01. The molecule has 2 N–H and O–H groups in total. The molecule has 2 aliphatic rings. The van der Waals surface area contributed by atoms with Gasteiger partial charge in [0.2, 0.25) is 10.0 Å². The molecule has 0 aromatic heterocycles. The van der Waals surface area contributed by atoms with Crippen molar-refractivity contribution in [3.05, 3.63) is 24.3 Å². The fraction of sp³-hybridized carbons (Fsp3) is 0.500. The van der Waals surface area contributed by atoms with Crippen LogP contribution in [-0.4, -0.2) is 32.8 Å². The van der Waals surface area contributed by atoms with Crippen LogP contribution in [0.25, 0.3) is 0 Å². The van der Waals surface area contributed by atoms with Crippen molar-refractivity contribution >= 4 is 27.4 Å². The summed E-state index contributed by atoms with van der Waals surface area (Å²) in [4.78, 5) is 11.6. The van der Waals surface area contributed by atoms with Gasteiger partial charge in [-0.2, -0.15) is 0 Å². The number of benzene rings is 1. The Hall–Kier alpha value is -1.76. The molecule has 1 saturated heterocycles. The van der Waals surface area contributed by atoms with Crippen LogP contribution in [0.1, 0.15) is 25.7 Å². The van der Waals surface area contributed by atoms with E-state index < -0.39 is 10.0 Å². The smallest absolute Gasteiger partial charge is 0.319 e. The van der Waals surface area contributed by atoms with Crippen molar-refractivity contribution < 1.29 is 13.2 Å². The maximum absolute atomic E-state index is 12.0. The molecule has 1 aromatic carbocycles. The average Bonchev–Trinajstić information content (AvgIpc) is 3.23. The number of amides is 2. The van der Waals surface area contributed by atoms with Crippen molar-refractivity contribution in [2.45, 2.75) is 31.7 Å². The molecule has 0 unspecified atom stereocenters. The number of urea groups is 1. The fourth-order valence-electron chi connectivity index (χ4n) is 2.37. The van der Waals surface area contributed by atoms with Crippen molar-refractivity contribution in [1.29, 1.82) is 0 Å². The molecular weight excluding hydrogens is 290 g/mol. The molecule has 1 aliphatic heterocycles. The molecule has 7 heteroatoms. The molecule has 6 nitrogen and oxygen atoms in total. The van der Waals surface area contributed by atoms with Crippen LogP contribution in [0.3, 0.4) is 0 Å². The first-order valence-corrected chi connectivity index (χ1v) is 8.83. The summed E-state index contributed by atoms with van der Waals surface area (Å²) < 4.78 is 25.5. The summed E-state index contributed by atoms with van der Waals surface area (Å²) in [5.41, 5.74) is 1.31. The Balaban J connectivity index is 1.67. The minimum Gasteiger partial charge on any atom is -0.335 e. The van der Waals surface area contributed by atoms with Gasteiger partial charge < -0.3 is 10.6 Å². The number of hydrogen-bond acceptors (Lipinski definition) is 3. The van der Waals surface area contributed by atoms with E-state index in [9.17, 15) is 13.2 Å². The van der Waals surface area contributed by atoms with E-state index in [4.69, 9.17) is 0 Å². The molecular formula is C14H19N3O3S. The Labute approximate surface area is 124 Å². The maximum atomic E-state index is 12.0. The number of hydrogen-bond donors (Lipinski definition) is 2. The second-order valence-electron chi connectivity index (χ2n) is 5.51. The van der Waals surface area contributed by atoms with Crippen LogP contribution in [0.4, 0.5) is 16.2 Å². The molecule has 3 rings (SSSR count). The number of rotatable bonds is 3. The zero-order valence-corrected chi connectivity index (χ0v) is 12.5. The van der Waals surface area contributed by atoms with Gasteiger partial charge in [0.1, 0.15) is 0 Å². The summed E-state index contributed by atoms with van der Waals surface area (Å²) in [6.45, 7) is 0.525. The van der Waals surface area contributed by atoms with Crippen LogP contribution in [-0.2, 0) is 10.0 Å². The molecule has 0 radical (unpaired) electrons. The number of nitrogens with zero attached hydrogens (tertiary/aromatic N) is 1. The lowest BCUT2D eigenvalue weighted by Gasteiger charge is -2.28. The zero-order valence-electron chi connectivity index (χ0n) is 11.7. The van der Waals surface area contributed by atoms with Gasteiger partial charge in [-0.25, -0.2) is 13.2 Å². The number of carbonyl (C=O) groups excluding carboxylic acids is 1. The van der Waals surface area contributed by atoms with E-state index in [0.717, 1.165) is 25.7 Å². The van der Waals surface area contributed by atoms with Gasteiger partial charge in [0.05, 0.1) is 11.4 Å². The van der Waals surface area contributed by atoms with Crippen LogP contribution in [0.2, 0.25) is 0 Å². The third kappa shape index (κ3) is 3.47. The van der Waals surface area contributed by atoms with E-state index in [-0.39, 0.29) is 11.8 Å². The first-order chi connectivity index (χ1) is 10.0. The minimum absolute atomic E-state index is 0.205. The summed E-state index contributed by atoms with van der Waals surface area (Å²) >= 11 is 0. The van der Waals surface area contributed by atoms with E-state index in [0.29, 0.717) is 24.0 Å². The SMILES string of the molecule is O=C(Nc1ccc(N2CCCCS2(=O)=O)cc1)NC1CC1. The maximum Gasteiger partial charge on any atom is 0.319 e. The second kappa shape index (κ2) is 5.55. The number of nitrogens with one attached hydrogen (secondary N) is 2. The molecule has 0 bridgehead atoms. The van der Waals surface area contributed by atoms with Crippen molar-refractivity contribution in [3.63, 3.8) is 0 Å². The molecule has 2 fully saturated rings. The molecule has 114 valence electrons. The molecule has 1 aliphatic carbocycles. The summed E-state index contributed by atoms with van der Waals surface area (Å²) in [6, 6.07) is 7.02. The molecule has 1 aromatic rings. The lowest BCUT2D eigenvalue weighted by atomic mass is 10.2. The van der Waals surface area contributed by atoms with Gasteiger partial charge in [0.15, 0.2) is 0 Å². The highest BCUT2D eigenvalue weighted by atomic mass is 32.2. The lowest BCUT2D eigenvalue weighted by Crippen LogP contribution is -2.37. The Bertz CT molecular complexity index is 623. The quantitative estimate of drug-likeness (QED) is 0.895. The largest absolute Gasteiger partial charge is 0.335 e.